The topological polar surface area (TPSA) is 80.6 Å². The molecule has 5 rings (SSSR count). The van der Waals surface area contributed by atoms with Crippen LogP contribution in [0.2, 0.25) is 0 Å². The number of carbonyl (C=O) groups excluding carboxylic acids is 3. The largest absolute Gasteiger partial charge is 0.376 e. The second kappa shape index (κ2) is 10.9. The van der Waals surface area contributed by atoms with E-state index < -0.39 is 0 Å². The van der Waals surface area contributed by atoms with Crippen LogP contribution in [0.3, 0.4) is 0 Å². The quantitative estimate of drug-likeness (QED) is 0.338. The maximum absolute atomic E-state index is 13.1. The van der Waals surface area contributed by atoms with E-state index in [-0.39, 0.29) is 36.2 Å². The number of rotatable bonds is 7. The summed E-state index contributed by atoms with van der Waals surface area (Å²) in [6, 6.07) is 13.3. The highest BCUT2D eigenvalue weighted by atomic mass is 79.9. The lowest BCUT2D eigenvalue weighted by Crippen LogP contribution is -2.34. The van der Waals surface area contributed by atoms with Gasteiger partial charge < -0.3 is 14.6 Å². The molecule has 2 fully saturated rings. The molecular weight excluding hydrogens is 610 g/mol. The SMILES string of the molecule is O=C(Cn1cc(/C=C2\SC(=O)N(Cc3ccc(Br)cc3)C2=O)c2cc(Br)ccc21)NC[C@H]1CCCO1. The zero-order chi connectivity index (χ0) is 25.2. The summed E-state index contributed by atoms with van der Waals surface area (Å²) in [5, 5.41) is 3.54. The van der Waals surface area contributed by atoms with E-state index in [1.54, 1.807) is 6.08 Å². The summed E-state index contributed by atoms with van der Waals surface area (Å²) in [7, 11) is 0. The molecule has 0 spiro atoms. The molecule has 0 aliphatic carbocycles. The molecule has 1 atom stereocenters. The maximum Gasteiger partial charge on any atom is 0.293 e. The molecule has 0 radical (unpaired) electrons. The number of thioether (sulfide) groups is 1. The van der Waals surface area contributed by atoms with Crippen molar-refractivity contribution in [3.05, 3.63) is 73.6 Å². The Hall–Kier alpha value is -2.40. The second-order valence-electron chi connectivity index (χ2n) is 8.71. The van der Waals surface area contributed by atoms with Crippen molar-refractivity contribution in [2.24, 2.45) is 0 Å². The van der Waals surface area contributed by atoms with E-state index in [0.717, 1.165) is 62.2 Å². The highest BCUT2D eigenvalue weighted by Gasteiger charge is 2.35. The van der Waals surface area contributed by atoms with Crippen molar-refractivity contribution in [2.75, 3.05) is 13.2 Å². The summed E-state index contributed by atoms with van der Waals surface area (Å²) in [5.41, 5.74) is 2.51. The number of aromatic nitrogens is 1. The molecule has 1 N–H and O–H groups in total. The molecule has 186 valence electrons. The van der Waals surface area contributed by atoms with Crippen LogP contribution in [0.4, 0.5) is 4.79 Å². The first-order valence-corrected chi connectivity index (χ1v) is 13.9. The van der Waals surface area contributed by atoms with Crippen LogP contribution in [0, 0.1) is 0 Å². The first-order valence-electron chi connectivity index (χ1n) is 11.5. The van der Waals surface area contributed by atoms with Gasteiger partial charge in [-0.3, -0.25) is 19.3 Å². The van der Waals surface area contributed by atoms with Crippen molar-refractivity contribution >= 4 is 77.7 Å². The van der Waals surface area contributed by atoms with E-state index in [0.29, 0.717) is 11.4 Å². The lowest BCUT2D eigenvalue weighted by atomic mass is 10.1. The van der Waals surface area contributed by atoms with Crippen molar-refractivity contribution in [2.45, 2.75) is 32.0 Å². The molecular formula is C26H23Br2N3O4S. The number of hydrogen-bond acceptors (Lipinski definition) is 5. The number of halogens is 2. The highest BCUT2D eigenvalue weighted by Crippen LogP contribution is 2.35. The van der Waals surface area contributed by atoms with Gasteiger partial charge in [-0.1, -0.05) is 44.0 Å². The molecule has 2 saturated heterocycles. The Balaban J connectivity index is 1.37. The van der Waals surface area contributed by atoms with Crippen LogP contribution in [0.25, 0.3) is 17.0 Å². The second-order valence-corrected chi connectivity index (χ2v) is 11.5. The molecule has 2 aliphatic rings. The Morgan fingerprint density at radius 2 is 1.92 bits per heavy atom. The first-order chi connectivity index (χ1) is 17.4. The minimum atomic E-state index is -0.321. The van der Waals surface area contributed by atoms with Crippen LogP contribution < -0.4 is 5.32 Å². The Morgan fingerprint density at radius 3 is 2.67 bits per heavy atom. The zero-order valence-corrected chi connectivity index (χ0v) is 23.2. The Kier molecular flexibility index (Phi) is 7.66. The van der Waals surface area contributed by atoms with Crippen molar-refractivity contribution in [3.8, 4) is 0 Å². The van der Waals surface area contributed by atoms with Crippen LogP contribution >= 0.6 is 43.6 Å². The van der Waals surface area contributed by atoms with Crippen molar-refractivity contribution in [1.29, 1.82) is 0 Å². The van der Waals surface area contributed by atoms with Gasteiger partial charge in [-0.05, 0) is 66.6 Å². The van der Waals surface area contributed by atoms with Gasteiger partial charge in [0.15, 0.2) is 0 Å². The molecule has 0 unspecified atom stereocenters. The van der Waals surface area contributed by atoms with Crippen LogP contribution in [-0.4, -0.2) is 45.8 Å². The van der Waals surface area contributed by atoms with E-state index in [1.165, 1.54) is 4.90 Å². The molecule has 2 aromatic carbocycles. The van der Waals surface area contributed by atoms with Gasteiger partial charge in [0.25, 0.3) is 11.1 Å². The van der Waals surface area contributed by atoms with E-state index >= 15 is 0 Å². The third kappa shape index (κ3) is 5.61. The average molecular weight is 633 g/mol. The number of fused-ring (bicyclic) bond motifs is 1. The molecule has 36 heavy (non-hydrogen) atoms. The van der Waals surface area contributed by atoms with Crippen LogP contribution in [0.15, 0.2) is 62.5 Å². The van der Waals surface area contributed by atoms with Gasteiger partial charge in [-0.2, -0.15) is 0 Å². The summed E-state index contributed by atoms with van der Waals surface area (Å²) in [5.74, 6) is -0.426. The Bertz CT molecular complexity index is 1360. The number of nitrogens with zero attached hydrogens (tertiary/aromatic N) is 2. The zero-order valence-electron chi connectivity index (χ0n) is 19.2. The standard InChI is InChI=1S/C26H23Br2N3O4S/c27-18-5-3-16(4-6-18)13-31-25(33)23(36-26(31)34)10-17-14-30(22-8-7-19(28)11-21(17)22)15-24(32)29-12-20-2-1-9-35-20/h3-8,10-11,14,20H,1-2,9,12-13,15H2,(H,29,32)/b23-10-/t20-/m1/s1. The number of ether oxygens (including phenoxy) is 1. The summed E-state index contributed by atoms with van der Waals surface area (Å²) in [6.07, 6.45) is 5.65. The highest BCUT2D eigenvalue weighted by molar-refractivity contribution is 9.10. The molecule has 3 aromatic rings. The summed E-state index contributed by atoms with van der Waals surface area (Å²) in [4.78, 5) is 40.0. The van der Waals surface area contributed by atoms with Gasteiger partial charge in [-0.25, -0.2) is 0 Å². The van der Waals surface area contributed by atoms with E-state index in [4.69, 9.17) is 4.74 Å². The van der Waals surface area contributed by atoms with E-state index in [9.17, 15) is 14.4 Å². The molecule has 3 heterocycles. The molecule has 10 heteroatoms. The minimum absolute atomic E-state index is 0.0786. The average Bonchev–Trinajstić information content (AvgIpc) is 3.55. The molecule has 0 bridgehead atoms. The van der Waals surface area contributed by atoms with Crippen molar-refractivity contribution in [1.82, 2.24) is 14.8 Å². The van der Waals surface area contributed by atoms with E-state index in [1.807, 2.05) is 53.2 Å². The number of imide groups is 1. The summed E-state index contributed by atoms with van der Waals surface area (Å²) >= 11 is 7.84. The van der Waals surface area contributed by atoms with Gasteiger partial charge >= 0.3 is 0 Å². The smallest absolute Gasteiger partial charge is 0.293 e. The van der Waals surface area contributed by atoms with Crippen molar-refractivity contribution in [3.63, 3.8) is 0 Å². The lowest BCUT2D eigenvalue weighted by molar-refractivity contribution is -0.123. The minimum Gasteiger partial charge on any atom is -0.376 e. The maximum atomic E-state index is 13.1. The fourth-order valence-electron chi connectivity index (χ4n) is 4.34. The van der Waals surface area contributed by atoms with Gasteiger partial charge in [0.05, 0.1) is 17.6 Å². The fraction of sp³-hybridized carbons (Fsp3) is 0.269. The fourth-order valence-corrected chi connectivity index (χ4v) is 5.79. The number of carbonyl (C=O) groups is 3. The molecule has 2 aliphatic heterocycles. The molecule has 3 amide bonds. The van der Waals surface area contributed by atoms with Crippen molar-refractivity contribution < 1.29 is 19.1 Å². The summed E-state index contributed by atoms with van der Waals surface area (Å²) < 4.78 is 9.27. The predicted octanol–water partition coefficient (Wildman–Crippen LogP) is 5.70. The van der Waals surface area contributed by atoms with Gasteiger partial charge in [0.1, 0.15) is 6.54 Å². The van der Waals surface area contributed by atoms with Gasteiger partial charge in [-0.15, -0.1) is 0 Å². The van der Waals surface area contributed by atoms with Crippen LogP contribution in [0.1, 0.15) is 24.0 Å². The Labute approximate surface area is 229 Å². The van der Waals surface area contributed by atoms with Gasteiger partial charge in [0, 0.05) is 44.8 Å². The number of hydrogen-bond donors (Lipinski definition) is 1. The van der Waals surface area contributed by atoms with Crippen LogP contribution in [0.5, 0.6) is 0 Å². The number of amides is 3. The number of nitrogens with one attached hydrogen (secondary N) is 1. The van der Waals surface area contributed by atoms with Gasteiger partial charge in [0.2, 0.25) is 5.91 Å². The van der Waals surface area contributed by atoms with Crippen LogP contribution in [-0.2, 0) is 27.4 Å². The molecule has 0 saturated carbocycles. The normalized spacial score (nSPS) is 19.1. The molecule has 1 aromatic heterocycles. The lowest BCUT2D eigenvalue weighted by Gasteiger charge is -2.12. The molecule has 7 nitrogen and oxygen atoms in total. The number of benzene rings is 2. The third-order valence-corrected chi connectivity index (χ3v) is 8.08. The predicted molar refractivity (Wildman–Crippen MR) is 147 cm³/mol. The van der Waals surface area contributed by atoms with E-state index in [2.05, 4.69) is 37.2 Å². The Morgan fingerprint density at radius 1 is 1.14 bits per heavy atom. The summed E-state index contributed by atoms with van der Waals surface area (Å²) in [6.45, 7) is 1.61. The monoisotopic (exact) mass is 631 g/mol. The first kappa shape index (κ1) is 25.3. The third-order valence-electron chi connectivity index (χ3n) is 6.15.